The molecular formula is C20H18ClN5S. The highest BCUT2D eigenvalue weighted by atomic mass is 35.5. The zero-order valence-corrected chi connectivity index (χ0v) is 16.3. The van der Waals surface area contributed by atoms with Gasteiger partial charge in [-0.05, 0) is 30.2 Å². The van der Waals surface area contributed by atoms with Crippen molar-refractivity contribution in [1.29, 1.82) is 0 Å². The van der Waals surface area contributed by atoms with Crippen LogP contribution in [0.3, 0.4) is 0 Å². The first kappa shape index (κ1) is 16.7. The Morgan fingerprint density at radius 2 is 1.93 bits per heavy atom. The summed E-state index contributed by atoms with van der Waals surface area (Å²) in [6.07, 6.45) is 1.95. The number of halogens is 1. The first-order chi connectivity index (χ1) is 13.2. The minimum Gasteiger partial charge on any atom is -0.354 e. The molecule has 2 aromatic heterocycles. The summed E-state index contributed by atoms with van der Waals surface area (Å²) in [4.78, 5) is 3.59. The minimum atomic E-state index is 0.0629. The second-order valence-corrected chi connectivity index (χ2v) is 8.09. The molecule has 0 saturated heterocycles. The number of aromatic amines is 1. The summed E-state index contributed by atoms with van der Waals surface area (Å²) in [7, 11) is 0. The minimum absolute atomic E-state index is 0.0629. The van der Waals surface area contributed by atoms with E-state index < -0.39 is 0 Å². The molecule has 0 radical (unpaired) electrons. The van der Waals surface area contributed by atoms with Gasteiger partial charge in [0.25, 0.3) is 0 Å². The summed E-state index contributed by atoms with van der Waals surface area (Å²) in [6.45, 7) is 2.15. The Morgan fingerprint density at radius 3 is 2.74 bits per heavy atom. The van der Waals surface area contributed by atoms with Crippen LogP contribution >= 0.6 is 23.4 Å². The summed E-state index contributed by atoms with van der Waals surface area (Å²) < 4.78 is 2.03. The first-order valence-electron chi connectivity index (χ1n) is 8.98. The monoisotopic (exact) mass is 395 g/mol. The summed E-state index contributed by atoms with van der Waals surface area (Å²) in [6, 6.07) is 16.4. The lowest BCUT2D eigenvalue weighted by Crippen LogP contribution is -2.15. The largest absolute Gasteiger partial charge is 0.354 e. The van der Waals surface area contributed by atoms with Crippen molar-refractivity contribution >= 4 is 34.3 Å². The number of para-hydroxylation sites is 1. The molecule has 1 unspecified atom stereocenters. The van der Waals surface area contributed by atoms with Gasteiger partial charge in [-0.1, -0.05) is 60.6 Å². The van der Waals surface area contributed by atoms with Crippen molar-refractivity contribution in [3.8, 4) is 11.3 Å². The van der Waals surface area contributed by atoms with Crippen LogP contribution < -0.4 is 5.43 Å². The fraction of sp³-hybridized carbons (Fsp3) is 0.200. The van der Waals surface area contributed by atoms with Crippen molar-refractivity contribution < 1.29 is 0 Å². The van der Waals surface area contributed by atoms with Crippen molar-refractivity contribution in [2.45, 2.75) is 30.3 Å². The molecule has 0 saturated carbocycles. The van der Waals surface area contributed by atoms with Gasteiger partial charge in [-0.25, -0.2) is 4.68 Å². The van der Waals surface area contributed by atoms with E-state index in [1.165, 1.54) is 10.9 Å². The fourth-order valence-corrected chi connectivity index (χ4v) is 4.75. The molecule has 0 aliphatic carbocycles. The van der Waals surface area contributed by atoms with Crippen LogP contribution in [0.4, 0.5) is 0 Å². The first-order valence-corrected chi connectivity index (χ1v) is 10.2. The molecule has 4 aromatic rings. The number of fused-ring (bicyclic) bond motifs is 2. The average molecular weight is 396 g/mol. The Kier molecular flexibility index (Phi) is 4.10. The quantitative estimate of drug-likeness (QED) is 0.487. The number of rotatable bonds is 4. The molecule has 0 fully saturated rings. The number of aryl methyl sites for hydroxylation is 1. The van der Waals surface area contributed by atoms with Crippen LogP contribution in [-0.4, -0.2) is 19.9 Å². The van der Waals surface area contributed by atoms with E-state index in [9.17, 15) is 0 Å². The number of thioether (sulfide) groups is 1. The SMILES string of the molecule is CCCc1nnc2n1NC(c1c(-c3ccc(Cl)cc3)[nH]c3ccccc13)S2. The Balaban J connectivity index is 1.62. The highest BCUT2D eigenvalue weighted by molar-refractivity contribution is 7.99. The molecule has 27 heavy (non-hydrogen) atoms. The van der Waals surface area contributed by atoms with Crippen LogP contribution in [0.2, 0.25) is 5.02 Å². The third-order valence-electron chi connectivity index (χ3n) is 4.78. The number of aromatic nitrogens is 4. The molecule has 0 spiro atoms. The zero-order valence-electron chi connectivity index (χ0n) is 14.7. The Morgan fingerprint density at radius 1 is 1.11 bits per heavy atom. The predicted molar refractivity (Wildman–Crippen MR) is 111 cm³/mol. The lowest BCUT2D eigenvalue weighted by molar-refractivity contribution is 0.716. The number of benzene rings is 2. The molecule has 1 atom stereocenters. The summed E-state index contributed by atoms with van der Waals surface area (Å²) in [5.74, 6) is 0.982. The summed E-state index contributed by atoms with van der Waals surface area (Å²) in [5.41, 5.74) is 8.16. The number of nitrogens with zero attached hydrogens (tertiary/aromatic N) is 3. The Labute approximate surface area is 166 Å². The second kappa shape index (κ2) is 6.62. The van der Waals surface area contributed by atoms with Gasteiger partial charge in [0, 0.05) is 27.9 Å². The average Bonchev–Trinajstić information content (AvgIpc) is 3.35. The van der Waals surface area contributed by atoms with Crippen molar-refractivity contribution in [1.82, 2.24) is 19.9 Å². The smallest absolute Gasteiger partial charge is 0.212 e. The van der Waals surface area contributed by atoms with Crippen LogP contribution in [-0.2, 0) is 6.42 Å². The topological polar surface area (TPSA) is 58.5 Å². The van der Waals surface area contributed by atoms with Gasteiger partial charge >= 0.3 is 0 Å². The van der Waals surface area contributed by atoms with Crippen molar-refractivity contribution in [3.63, 3.8) is 0 Å². The zero-order chi connectivity index (χ0) is 18.4. The van der Waals surface area contributed by atoms with E-state index in [1.807, 2.05) is 16.8 Å². The number of nitrogens with one attached hydrogen (secondary N) is 2. The van der Waals surface area contributed by atoms with Crippen molar-refractivity contribution in [2.75, 3.05) is 5.43 Å². The maximum Gasteiger partial charge on any atom is 0.212 e. The fourth-order valence-electron chi connectivity index (χ4n) is 3.54. The Bertz CT molecular complexity index is 1120. The van der Waals surface area contributed by atoms with Crippen LogP contribution in [0.1, 0.15) is 30.1 Å². The van der Waals surface area contributed by atoms with Gasteiger partial charge in [0.1, 0.15) is 5.37 Å². The van der Waals surface area contributed by atoms with E-state index >= 15 is 0 Å². The van der Waals surface area contributed by atoms with Crippen LogP contribution in [0.5, 0.6) is 0 Å². The summed E-state index contributed by atoms with van der Waals surface area (Å²) in [5, 5.41) is 11.6. The molecular weight excluding hydrogens is 378 g/mol. The van der Waals surface area contributed by atoms with E-state index in [0.29, 0.717) is 0 Å². The van der Waals surface area contributed by atoms with Crippen molar-refractivity contribution in [2.24, 2.45) is 0 Å². The second-order valence-electron chi connectivity index (χ2n) is 6.58. The molecule has 0 amide bonds. The molecule has 5 nitrogen and oxygen atoms in total. The maximum atomic E-state index is 6.09. The molecule has 0 bridgehead atoms. The van der Waals surface area contributed by atoms with Crippen molar-refractivity contribution in [3.05, 3.63) is 64.9 Å². The molecule has 2 aromatic carbocycles. The predicted octanol–water partition coefficient (Wildman–Crippen LogP) is 5.38. The van der Waals surface area contributed by atoms with E-state index in [1.54, 1.807) is 11.8 Å². The van der Waals surface area contributed by atoms with E-state index in [-0.39, 0.29) is 5.37 Å². The highest BCUT2D eigenvalue weighted by Crippen LogP contribution is 2.45. The van der Waals surface area contributed by atoms with Gasteiger partial charge in [0.2, 0.25) is 5.16 Å². The van der Waals surface area contributed by atoms with Crippen LogP contribution in [0, 0.1) is 0 Å². The Hall–Kier alpha value is -2.44. The number of hydrogen-bond acceptors (Lipinski definition) is 4. The lowest BCUT2D eigenvalue weighted by atomic mass is 10.1. The molecule has 5 rings (SSSR count). The van der Waals surface area contributed by atoms with Crippen LogP contribution in [0.25, 0.3) is 22.2 Å². The standard InChI is InChI=1S/C20H18ClN5S/c1-2-5-16-23-24-20-26(16)25-19(27-20)17-14-6-3-4-7-15(14)22-18(17)12-8-10-13(21)11-9-12/h3-4,6-11,19,22,25H,2,5H2,1H3. The number of hydrogen-bond donors (Lipinski definition) is 2. The molecule has 136 valence electrons. The van der Waals surface area contributed by atoms with Crippen LogP contribution in [0.15, 0.2) is 53.7 Å². The normalized spacial score (nSPS) is 15.9. The van der Waals surface area contributed by atoms with Gasteiger partial charge in [0.05, 0.1) is 5.69 Å². The maximum absolute atomic E-state index is 6.09. The molecule has 2 N–H and O–H groups in total. The van der Waals surface area contributed by atoms with E-state index in [2.05, 4.69) is 63.9 Å². The van der Waals surface area contributed by atoms with Gasteiger partial charge in [-0.2, -0.15) is 0 Å². The van der Waals surface area contributed by atoms with Gasteiger partial charge < -0.3 is 10.4 Å². The molecule has 7 heteroatoms. The molecule has 1 aliphatic heterocycles. The highest BCUT2D eigenvalue weighted by Gasteiger charge is 2.31. The summed E-state index contributed by atoms with van der Waals surface area (Å²) >= 11 is 7.79. The third-order valence-corrected chi connectivity index (χ3v) is 6.09. The van der Waals surface area contributed by atoms with Gasteiger partial charge in [0.15, 0.2) is 5.82 Å². The number of H-pyrrole nitrogens is 1. The molecule has 1 aliphatic rings. The van der Waals surface area contributed by atoms with Gasteiger partial charge in [-0.3, -0.25) is 0 Å². The van der Waals surface area contributed by atoms with E-state index in [0.717, 1.165) is 45.6 Å². The third kappa shape index (κ3) is 2.80. The molecule has 3 heterocycles. The lowest BCUT2D eigenvalue weighted by Gasteiger charge is -2.14. The van der Waals surface area contributed by atoms with E-state index in [4.69, 9.17) is 11.6 Å². The van der Waals surface area contributed by atoms with Gasteiger partial charge in [-0.15, -0.1) is 10.2 Å².